The standard InChI is InChI=1S/C49H89NO4/c1-3-5-7-9-11-13-15-17-19-21-22-23-24-25-26-27-28-30-32-34-36-38-40-42-44-48(53)49(54)50-46(45-51)47(52)43-41-39-37-35-33-31-29-20-18-16-14-12-10-8-6-4-2/h18,20,22-23,25-26,33,35,41,43,46-48,51-53H,3-17,19,21,24,27-32,34,36-40,42,44-45H2,1-2H3,(H,50,54)/b20-18+,23-22-,26-25-,35-33+,43-41+. The van der Waals surface area contributed by atoms with Gasteiger partial charge in [-0.2, -0.15) is 0 Å². The largest absolute Gasteiger partial charge is 0.394 e. The summed E-state index contributed by atoms with van der Waals surface area (Å²) in [6.45, 7) is 4.15. The second-order valence-corrected chi connectivity index (χ2v) is 15.6. The third-order valence-corrected chi connectivity index (χ3v) is 10.3. The Morgan fingerprint density at radius 1 is 0.463 bits per heavy atom. The second-order valence-electron chi connectivity index (χ2n) is 15.6. The van der Waals surface area contributed by atoms with Gasteiger partial charge in [0, 0.05) is 0 Å². The molecule has 0 aromatic heterocycles. The van der Waals surface area contributed by atoms with Crippen LogP contribution in [0.5, 0.6) is 0 Å². The molecule has 0 radical (unpaired) electrons. The molecule has 3 atom stereocenters. The first-order valence-electron chi connectivity index (χ1n) is 23.1. The fourth-order valence-corrected chi connectivity index (χ4v) is 6.66. The number of aliphatic hydroxyl groups is 3. The molecule has 3 unspecified atom stereocenters. The van der Waals surface area contributed by atoms with Gasteiger partial charge >= 0.3 is 0 Å². The van der Waals surface area contributed by atoms with Crippen LogP contribution < -0.4 is 5.32 Å². The maximum Gasteiger partial charge on any atom is 0.249 e. The molecule has 0 saturated carbocycles. The smallest absolute Gasteiger partial charge is 0.249 e. The zero-order valence-corrected chi connectivity index (χ0v) is 35.6. The first-order valence-corrected chi connectivity index (χ1v) is 23.1. The van der Waals surface area contributed by atoms with Crippen molar-refractivity contribution < 1.29 is 20.1 Å². The number of allylic oxidation sites excluding steroid dienone is 9. The van der Waals surface area contributed by atoms with Gasteiger partial charge in [-0.1, -0.05) is 203 Å². The fraction of sp³-hybridized carbons (Fsp3) is 0.776. The van der Waals surface area contributed by atoms with Crippen molar-refractivity contribution in [2.75, 3.05) is 6.61 Å². The van der Waals surface area contributed by atoms with E-state index in [1.807, 2.05) is 6.08 Å². The lowest BCUT2D eigenvalue weighted by Gasteiger charge is -2.21. The summed E-state index contributed by atoms with van der Waals surface area (Å²) in [6, 6.07) is -0.825. The van der Waals surface area contributed by atoms with Gasteiger partial charge in [0.1, 0.15) is 6.10 Å². The van der Waals surface area contributed by atoms with Crippen LogP contribution in [0.2, 0.25) is 0 Å². The van der Waals surface area contributed by atoms with Crippen molar-refractivity contribution in [3.05, 3.63) is 60.8 Å². The number of nitrogens with one attached hydrogen (secondary N) is 1. The topological polar surface area (TPSA) is 89.8 Å². The maximum absolute atomic E-state index is 12.5. The lowest BCUT2D eigenvalue weighted by Crippen LogP contribution is -2.48. The first-order chi connectivity index (χ1) is 26.6. The van der Waals surface area contributed by atoms with E-state index < -0.39 is 24.2 Å². The number of unbranched alkanes of at least 4 members (excludes halogenated alkanes) is 25. The van der Waals surface area contributed by atoms with Crippen molar-refractivity contribution in [1.82, 2.24) is 5.32 Å². The Morgan fingerprint density at radius 2 is 0.815 bits per heavy atom. The van der Waals surface area contributed by atoms with E-state index in [0.29, 0.717) is 6.42 Å². The summed E-state index contributed by atoms with van der Waals surface area (Å²) in [6.07, 6.45) is 58.3. The molecule has 314 valence electrons. The Kier molecular flexibility index (Phi) is 42.2. The van der Waals surface area contributed by atoms with Gasteiger partial charge in [-0.05, 0) is 77.0 Å². The number of carbonyl (C=O) groups excluding carboxylic acids is 1. The Bertz CT molecular complexity index is 923. The Labute approximate surface area is 335 Å². The number of aliphatic hydroxyl groups excluding tert-OH is 3. The summed E-state index contributed by atoms with van der Waals surface area (Å²) >= 11 is 0. The molecule has 4 N–H and O–H groups in total. The van der Waals surface area contributed by atoms with Crippen LogP contribution in [0.15, 0.2) is 60.8 Å². The van der Waals surface area contributed by atoms with Crippen LogP contribution in [0.3, 0.4) is 0 Å². The second kappa shape index (κ2) is 43.8. The molecule has 0 aliphatic heterocycles. The third kappa shape index (κ3) is 38.3. The van der Waals surface area contributed by atoms with Gasteiger partial charge in [0.15, 0.2) is 0 Å². The van der Waals surface area contributed by atoms with Gasteiger partial charge in [0.05, 0.1) is 18.8 Å². The van der Waals surface area contributed by atoms with E-state index >= 15 is 0 Å². The molecule has 0 aromatic rings. The van der Waals surface area contributed by atoms with Crippen LogP contribution in [-0.4, -0.2) is 46.1 Å². The van der Waals surface area contributed by atoms with E-state index in [0.717, 1.165) is 51.4 Å². The third-order valence-electron chi connectivity index (χ3n) is 10.3. The molecule has 5 heteroatoms. The Morgan fingerprint density at radius 3 is 1.24 bits per heavy atom. The summed E-state index contributed by atoms with van der Waals surface area (Å²) in [5.74, 6) is -0.524. The molecule has 5 nitrogen and oxygen atoms in total. The summed E-state index contributed by atoms with van der Waals surface area (Å²) in [5, 5.41) is 33.1. The average Bonchev–Trinajstić information content (AvgIpc) is 3.18. The first kappa shape index (κ1) is 52.0. The van der Waals surface area contributed by atoms with Gasteiger partial charge < -0.3 is 20.6 Å². The van der Waals surface area contributed by atoms with Crippen molar-refractivity contribution in [2.24, 2.45) is 0 Å². The zero-order chi connectivity index (χ0) is 39.4. The molecular formula is C49H89NO4. The van der Waals surface area contributed by atoms with Crippen LogP contribution >= 0.6 is 0 Å². The minimum atomic E-state index is -1.12. The average molecular weight is 756 g/mol. The molecule has 54 heavy (non-hydrogen) atoms. The van der Waals surface area contributed by atoms with Crippen LogP contribution in [0, 0.1) is 0 Å². The van der Waals surface area contributed by atoms with Gasteiger partial charge in [0.25, 0.3) is 0 Å². The predicted octanol–water partition coefficient (Wildman–Crippen LogP) is 13.5. The van der Waals surface area contributed by atoms with Crippen LogP contribution in [0.1, 0.15) is 219 Å². The molecule has 0 aliphatic rings. The number of hydrogen-bond donors (Lipinski definition) is 4. The highest BCUT2D eigenvalue weighted by molar-refractivity contribution is 5.80. The molecule has 0 aliphatic carbocycles. The molecule has 1 amide bonds. The minimum absolute atomic E-state index is 0.386. The van der Waals surface area contributed by atoms with E-state index in [1.54, 1.807) is 6.08 Å². The number of amides is 1. The monoisotopic (exact) mass is 756 g/mol. The number of hydrogen-bond acceptors (Lipinski definition) is 4. The highest BCUT2D eigenvalue weighted by atomic mass is 16.3. The van der Waals surface area contributed by atoms with Crippen molar-refractivity contribution >= 4 is 5.91 Å². The quantitative estimate of drug-likeness (QED) is 0.0369. The molecule has 0 rings (SSSR count). The van der Waals surface area contributed by atoms with Crippen molar-refractivity contribution in [1.29, 1.82) is 0 Å². The predicted molar refractivity (Wildman–Crippen MR) is 236 cm³/mol. The Balaban J connectivity index is 3.73. The summed E-state index contributed by atoms with van der Waals surface area (Å²) < 4.78 is 0. The van der Waals surface area contributed by atoms with E-state index in [1.165, 1.54) is 148 Å². The molecule has 0 saturated heterocycles. The highest BCUT2D eigenvalue weighted by Gasteiger charge is 2.22. The van der Waals surface area contributed by atoms with Gasteiger partial charge in [-0.15, -0.1) is 0 Å². The molecular weight excluding hydrogens is 667 g/mol. The maximum atomic E-state index is 12.5. The zero-order valence-electron chi connectivity index (χ0n) is 35.6. The van der Waals surface area contributed by atoms with Crippen molar-refractivity contribution in [3.8, 4) is 0 Å². The summed E-state index contributed by atoms with van der Waals surface area (Å²) in [7, 11) is 0. The summed E-state index contributed by atoms with van der Waals surface area (Å²) in [5.41, 5.74) is 0. The van der Waals surface area contributed by atoms with Crippen LogP contribution in [0.25, 0.3) is 0 Å². The molecule has 0 aromatic carbocycles. The van der Waals surface area contributed by atoms with Gasteiger partial charge in [-0.3, -0.25) is 4.79 Å². The SMILES string of the molecule is CCCCCCCC/C=C/CC/C=C/CC/C=C/C(O)C(CO)NC(=O)C(O)CCCCCCCCCC/C=C\C/C=C\CCCCCCCCCCC. The van der Waals surface area contributed by atoms with E-state index in [2.05, 4.69) is 67.8 Å². The van der Waals surface area contributed by atoms with Crippen LogP contribution in [-0.2, 0) is 4.79 Å². The van der Waals surface area contributed by atoms with E-state index in [9.17, 15) is 20.1 Å². The van der Waals surface area contributed by atoms with E-state index in [4.69, 9.17) is 0 Å². The van der Waals surface area contributed by atoms with Crippen molar-refractivity contribution in [2.45, 2.75) is 238 Å². The molecule has 0 bridgehead atoms. The van der Waals surface area contributed by atoms with Crippen LogP contribution in [0.4, 0.5) is 0 Å². The molecule has 0 fully saturated rings. The lowest BCUT2D eigenvalue weighted by atomic mass is 10.0. The minimum Gasteiger partial charge on any atom is -0.394 e. The van der Waals surface area contributed by atoms with Gasteiger partial charge in [-0.25, -0.2) is 0 Å². The van der Waals surface area contributed by atoms with Gasteiger partial charge in [0.2, 0.25) is 5.91 Å². The highest BCUT2D eigenvalue weighted by Crippen LogP contribution is 2.14. The number of rotatable bonds is 41. The van der Waals surface area contributed by atoms with E-state index in [-0.39, 0.29) is 6.61 Å². The Hall–Kier alpha value is -1.95. The fourth-order valence-electron chi connectivity index (χ4n) is 6.66. The lowest BCUT2D eigenvalue weighted by molar-refractivity contribution is -0.131. The molecule has 0 spiro atoms. The van der Waals surface area contributed by atoms with Crippen molar-refractivity contribution in [3.63, 3.8) is 0 Å². The normalized spacial score (nSPS) is 14.1. The molecule has 0 heterocycles. The number of carbonyl (C=O) groups is 1. The summed E-state index contributed by atoms with van der Waals surface area (Å²) in [4.78, 5) is 12.5.